The summed E-state index contributed by atoms with van der Waals surface area (Å²) in [5.74, 6) is -1.47. The molecule has 160 valence electrons. The van der Waals surface area contributed by atoms with Crippen molar-refractivity contribution in [1.29, 1.82) is 0 Å². The smallest absolute Gasteiger partial charge is 0.408 e. The largest absolute Gasteiger partial charge is 0.445 e. The van der Waals surface area contributed by atoms with Gasteiger partial charge in [0.15, 0.2) is 0 Å². The molecule has 0 aliphatic heterocycles. The van der Waals surface area contributed by atoms with Gasteiger partial charge in [-0.15, -0.1) is 0 Å². The average molecular weight is 432 g/mol. The highest BCUT2D eigenvalue weighted by molar-refractivity contribution is 6.31. The van der Waals surface area contributed by atoms with Crippen molar-refractivity contribution < 1.29 is 19.1 Å². The number of primary amides is 1. The lowest BCUT2D eigenvalue weighted by atomic mass is 10.0. The van der Waals surface area contributed by atoms with E-state index in [0.717, 1.165) is 5.56 Å². The van der Waals surface area contributed by atoms with Gasteiger partial charge in [-0.2, -0.15) is 0 Å². The van der Waals surface area contributed by atoms with E-state index in [4.69, 9.17) is 22.1 Å². The first kappa shape index (κ1) is 23.2. The fourth-order valence-electron chi connectivity index (χ4n) is 2.79. The summed E-state index contributed by atoms with van der Waals surface area (Å²) in [6, 6.07) is 14.3. The third kappa shape index (κ3) is 7.08. The molecule has 2 aromatic carbocycles. The van der Waals surface area contributed by atoms with Gasteiger partial charge in [-0.3, -0.25) is 9.59 Å². The van der Waals surface area contributed by atoms with E-state index in [2.05, 4.69) is 10.6 Å². The Hall–Kier alpha value is -3.06. The van der Waals surface area contributed by atoms with Crippen molar-refractivity contribution in [3.8, 4) is 0 Å². The molecule has 0 saturated heterocycles. The normalized spacial score (nSPS) is 12.7. The predicted octanol–water partition coefficient (Wildman–Crippen LogP) is 2.80. The van der Waals surface area contributed by atoms with Crippen LogP contribution in [0.1, 0.15) is 25.0 Å². The Morgan fingerprint density at radius 2 is 1.63 bits per heavy atom. The molecule has 0 radical (unpaired) electrons. The van der Waals surface area contributed by atoms with Gasteiger partial charge in [-0.05, 0) is 23.1 Å². The second kappa shape index (κ2) is 11.2. The lowest BCUT2D eigenvalue weighted by Gasteiger charge is -2.24. The second-order valence-electron chi connectivity index (χ2n) is 7.19. The van der Waals surface area contributed by atoms with Gasteiger partial charge < -0.3 is 21.1 Å². The standard InChI is InChI=1S/C22H26ClN3O4/c1-14(2)19(26-22(29)30-13-15-8-4-3-5-9-15)21(28)25-18(20(24)27)12-16-10-6-7-11-17(16)23/h3-11,14,18-19H,12-13H2,1-2H3,(H2,24,27)(H,25,28)(H,26,29)/t18-,19-/m1/s1. The van der Waals surface area contributed by atoms with Crippen molar-refractivity contribution in [2.45, 2.75) is 39.0 Å². The van der Waals surface area contributed by atoms with Crippen molar-refractivity contribution in [3.05, 3.63) is 70.7 Å². The van der Waals surface area contributed by atoms with Crippen LogP contribution in [0.15, 0.2) is 54.6 Å². The van der Waals surface area contributed by atoms with Crippen LogP contribution in [0.4, 0.5) is 4.79 Å². The van der Waals surface area contributed by atoms with E-state index in [1.54, 1.807) is 38.1 Å². The Labute approximate surface area is 180 Å². The van der Waals surface area contributed by atoms with Gasteiger partial charge in [-0.25, -0.2) is 4.79 Å². The van der Waals surface area contributed by atoms with Crippen molar-refractivity contribution in [2.24, 2.45) is 11.7 Å². The van der Waals surface area contributed by atoms with Crippen LogP contribution >= 0.6 is 11.6 Å². The Morgan fingerprint density at radius 3 is 2.23 bits per heavy atom. The first-order valence-electron chi connectivity index (χ1n) is 9.58. The third-order valence-corrected chi connectivity index (χ3v) is 4.85. The molecule has 0 aromatic heterocycles. The molecule has 4 N–H and O–H groups in total. The number of amides is 3. The summed E-state index contributed by atoms with van der Waals surface area (Å²) >= 11 is 6.14. The molecule has 0 spiro atoms. The SMILES string of the molecule is CC(C)[C@@H](NC(=O)OCc1ccccc1)C(=O)N[C@H](Cc1ccccc1Cl)C(N)=O. The number of benzene rings is 2. The summed E-state index contributed by atoms with van der Waals surface area (Å²) < 4.78 is 5.18. The molecular weight excluding hydrogens is 406 g/mol. The molecule has 0 bridgehead atoms. The fraction of sp³-hybridized carbons (Fsp3) is 0.318. The molecule has 30 heavy (non-hydrogen) atoms. The van der Waals surface area contributed by atoms with Crippen LogP contribution in [0.5, 0.6) is 0 Å². The summed E-state index contributed by atoms with van der Waals surface area (Å²) in [4.78, 5) is 36.8. The lowest BCUT2D eigenvalue weighted by Crippen LogP contribution is -2.55. The summed E-state index contributed by atoms with van der Waals surface area (Å²) in [7, 11) is 0. The van der Waals surface area contributed by atoms with Crippen molar-refractivity contribution in [3.63, 3.8) is 0 Å². The van der Waals surface area contributed by atoms with E-state index in [9.17, 15) is 14.4 Å². The molecule has 7 nitrogen and oxygen atoms in total. The van der Waals surface area contributed by atoms with Gasteiger partial charge in [-0.1, -0.05) is 74.0 Å². The molecule has 2 aromatic rings. The van der Waals surface area contributed by atoms with E-state index in [-0.39, 0.29) is 18.9 Å². The second-order valence-corrected chi connectivity index (χ2v) is 7.59. The number of nitrogens with two attached hydrogens (primary N) is 1. The molecule has 0 fully saturated rings. The molecule has 2 rings (SSSR count). The maximum Gasteiger partial charge on any atom is 0.408 e. The molecule has 0 aliphatic carbocycles. The van der Waals surface area contributed by atoms with E-state index >= 15 is 0 Å². The minimum Gasteiger partial charge on any atom is -0.445 e. The van der Waals surface area contributed by atoms with Gasteiger partial charge in [0.1, 0.15) is 18.7 Å². The number of hydrogen-bond donors (Lipinski definition) is 3. The number of halogens is 1. The van der Waals surface area contributed by atoms with Crippen LogP contribution in [0, 0.1) is 5.92 Å². The van der Waals surface area contributed by atoms with E-state index in [0.29, 0.717) is 10.6 Å². The van der Waals surface area contributed by atoms with Crippen LogP contribution in [0.2, 0.25) is 5.02 Å². The topological polar surface area (TPSA) is 111 Å². The van der Waals surface area contributed by atoms with Crippen LogP contribution < -0.4 is 16.4 Å². The first-order valence-corrected chi connectivity index (χ1v) is 9.96. The molecular formula is C22H26ClN3O4. The van der Waals surface area contributed by atoms with Crippen molar-refractivity contribution in [2.75, 3.05) is 0 Å². The monoisotopic (exact) mass is 431 g/mol. The molecule has 0 aliphatic rings. The third-order valence-electron chi connectivity index (χ3n) is 4.48. The zero-order chi connectivity index (χ0) is 22.1. The number of hydrogen-bond acceptors (Lipinski definition) is 4. The molecule has 0 heterocycles. The number of nitrogens with one attached hydrogen (secondary N) is 2. The van der Waals surface area contributed by atoms with Gasteiger partial charge in [0.05, 0.1) is 0 Å². The lowest BCUT2D eigenvalue weighted by molar-refractivity contribution is -0.129. The number of rotatable bonds is 9. The minimum atomic E-state index is -0.971. The van der Waals surface area contributed by atoms with Gasteiger partial charge in [0, 0.05) is 11.4 Å². The van der Waals surface area contributed by atoms with Crippen molar-refractivity contribution >= 4 is 29.5 Å². The van der Waals surface area contributed by atoms with Crippen LogP contribution in [-0.4, -0.2) is 30.0 Å². The molecule has 2 atom stereocenters. The van der Waals surface area contributed by atoms with Gasteiger partial charge in [0.25, 0.3) is 0 Å². The number of carbonyl (C=O) groups excluding carboxylic acids is 3. The Kier molecular flexibility index (Phi) is 8.68. The highest BCUT2D eigenvalue weighted by atomic mass is 35.5. The zero-order valence-corrected chi connectivity index (χ0v) is 17.7. The summed E-state index contributed by atoms with van der Waals surface area (Å²) in [6.07, 6.45) is -0.585. The Morgan fingerprint density at radius 1 is 1.00 bits per heavy atom. The molecule has 0 saturated carbocycles. The number of alkyl carbamates (subject to hydrolysis) is 1. The average Bonchev–Trinajstić information content (AvgIpc) is 2.71. The maximum atomic E-state index is 12.8. The van der Waals surface area contributed by atoms with Crippen LogP contribution in [0.25, 0.3) is 0 Å². The fourth-order valence-corrected chi connectivity index (χ4v) is 3.01. The van der Waals surface area contributed by atoms with Crippen LogP contribution in [0.3, 0.4) is 0 Å². The summed E-state index contributed by atoms with van der Waals surface area (Å²) in [6.45, 7) is 3.62. The molecule has 3 amide bonds. The zero-order valence-electron chi connectivity index (χ0n) is 16.9. The molecule has 8 heteroatoms. The first-order chi connectivity index (χ1) is 14.3. The number of carbonyl (C=O) groups is 3. The van der Waals surface area contributed by atoms with E-state index in [1.165, 1.54) is 0 Å². The van der Waals surface area contributed by atoms with E-state index < -0.39 is 30.0 Å². The Balaban J connectivity index is 1.99. The van der Waals surface area contributed by atoms with Crippen LogP contribution in [-0.2, 0) is 27.4 Å². The highest BCUT2D eigenvalue weighted by Gasteiger charge is 2.28. The maximum absolute atomic E-state index is 12.8. The van der Waals surface area contributed by atoms with Crippen molar-refractivity contribution in [1.82, 2.24) is 10.6 Å². The van der Waals surface area contributed by atoms with E-state index in [1.807, 2.05) is 30.3 Å². The summed E-state index contributed by atoms with van der Waals surface area (Å²) in [5, 5.41) is 5.64. The Bertz CT molecular complexity index is 874. The quantitative estimate of drug-likeness (QED) is 0.566. The molecule has 0 unspecified atom stereocenters. The number of ether oxygens (including phenoxy) is 1. The van der Waals surface area contributed by atoms with Gasteiger partial charge in [0.2, 0.25) is 11.8 Å². The van der Waals surface area contributed by atoms with Gasteiger partial charge >= 0.3 is 6.09 Å². The predicted molar refractivity (Wildman–Crippen MR) is 115 cm³/mol. The minimum absolute atomic E-state index is 0.0789. The summed E-state index contributed by atoms with van der Waals surface area (Å²) in [5.41, 5.74) is 6.97. The highest BCUT2D eigenvalue weighted by Crippen LogP contribution is 2.17.